The van der Waals surface area contributed by atoms with E-state index >= 15 is 0 Å². The molecular formula is C27H32O14. The first-order valence-electron chi connectivity index (χ1n) is 13.0. The highest BCUT2D eigenvalue weighted by Gasteiger charge is 2.51. The van der Waals surface area contributed by atoms with Gasteiger partial charge in [-0.3, -0.25) is 4.79 Å². The number of ketones is 1. The molecule has 0 spiro atoms. The molecule has 0 radical (unpaired) electrons. The van der Waals surface area contributed by atoms with Gasteiger partial charge in [-0.15, -0.1) is 0 Å². The number of benzene rings is 2. The van der Waals surface area contributed by atoms with Gasteiger partial charge < -0.3 is 65.3 Å². The van der Waals surface area contributed by atoms with E-state index in [1.165, 1.54) is 30.3 Å². The fraction of sp³-hybridized carbons (Fsp3) is 0.519. The van der Waals surface area contributed by atoms with Gasteiger partial charge in [0.1, 0.15) is 60.3 Å². The van der Waals surface area contributed by atoms with Gasteiger partial charge >= 0.3 is 0 Å². The summed E-state index contributed by atoms with van der Waals surface area (Å²) in [5, 5.41) is 103. The number of carbonyl (C=O) groups is 1. The SMILES string of the molecule is O=C1c2c(O)cc(CO)cc2C([C@@H]2O[C@H](CO)[C@@H](O)[C@H](O)[C@H]2O)c2cccc(O[C@@H]3O[C@H](CO)[C@@H](O)[C@H](O)[C@H]3O)c21. The Morgan fingerprint density at radius 3 is 2.00 bits per heavy atom. The number of phenolic OH excluding ortho intramolecular Hbond substituents is 1. The van der Waals surface area contributed by atoms with Crippen molar-refractivity contribution >= 4 is 5.78 Å². The summed E-state index contributed by atoms with van der Waals surface area (Å²) >= 11 is 0. The summed E-state index contributed by atoms with van der Waals surface area (Å²) in [5.41, 5.74) is 0.123. The minimum atomic E-state index is -1.80. The van der Waals surface area contributed by atoms with E-state index in [0.717, 1.165) is 0 Å². The molecule has 10 N–H and O–H groups in total. The fourth-order valence-electron chi connectivity index (χ4n) is 5.78. The second-order valence-corrected chi connectivity index (χ2v) is 10.4. The molecule has 1 aliphatic carbocycles. The van der Waals surface area contributed by atoms with Crippen molar-refractivity contribution in [3.8, 4) is 11.5 Å². The summed E-state index contributed by atoms with van der Waals surface area (Å²) in [6.07, 6.45) is -16.0. The summed E-state index contributed by atoms with van der Waals surface area (Å²) in [6, 6.07) is 6.89. The molecule has 3 aliphatic rings. The second kappa shape index (κ2) is 11.5. The Labute approximate surface area is 232 Å². The Morgan fingerprint density at radius 1 is 0.732 bits per heavy atom. The largest absolute Gasteiger partial charge is 0.507 e. The van der Waals surface area contributed by atoms with Crippen molar-refractivity contribution in [3.63, 3.8) is 0 Å². The zero-order valence-electron chi connectivity index (χ0n) is 21.5. The molecule has 11 atom stereocenters. The van der Waals surface area contributed by atoms with Crippen LogP contribution in [0.1, 0.15) is 38.5 Å². The molecule has 41 heavy (non-hydrogen) atoms. The minimum Gasteiger partial charge on any atom is -0.507 e. The van der Waals surface area contributed by atoms with Crippen LogP contribution in [0.5, 0.6) is 11.5 Å². The fourth-order valence-corrected chi connectivity index (χ4v) is 5.78. The molecule has 224 valence electrons. The lowest BCUT2D eigenvalue weighted by Crippen LogP contribution is -2.60. The van der Waals surface area contributed by atoms with Crippen LogP contribution in [0.2, 0.25) is 0 Å². The number of rotatable bonds is 6. The van der Waals surface area contributed by atoms with Crippen molar-refractivity contribution in [2.75, 3.05) is 13.2 Å². The highest BCUT2D eigenvalue weighted by Crippen LogP contribution is 2.48. The quantitative estimate of drug-likeness (QED) is 0.160. The molecule has 2 aromatic carbocycles. The van der Waals surface area contributed by atoms with E-state index in [0.29, 0.717) is 0 Å². The van der Waals surface area contributed by atoms with E-state index in [2.05, 4.69) is 0 Å². The Balaban J connectivity index is 1.65. The van der Waals surface area contributed by atoms with Crippen molar-refractivity contribution in [3.05, 3.63) is 58.1 Å². The molecule has 14 nitrogen and oxygen atoms in total. The molecule has 5 rings (SSSR count). The monoisotopic (exact) mass is 580 g/mol. The maximum atomic E-state index is 13.9. The van der Waals surface area contributed by atoms with Crippen LogP contribution in [-0.4, -0.2) is 131 Å². The maximum Gasteiger partial charge on any atom is 0.229 e. The van der Waals surface area contributed by atoms with Crippen molar-refractivity contribution < 1.29 is 70.1 Å². The third-order valence-corrected chi connectivity index (χ3v) is 7.92. The zero-order chi connectivity index (χ0) is 29.7. The van der Waals surface area contributed by atoms with Crippen LogP contribution < -0.4 is 4.74 Å². The standard InChI is InChI=1S/C27H32O14/c28-6-9-4-11-16(26-24(37)22(35)19(32)14(7-29)39-26)10-2-1-3-13(18(10)21(34)17(11)12(31)5-9)40-27-25(38)23(36)20(33)15(8-30)41-27/h1-5,14-16,19-20,22-33,35-38H,6-8H2/t14-,15-,16?,19-,20-,22+,23+,24-,25-,26+,27-/m1/s1. The molecule has 0 saturated carbocycles. The molecular weight excluding hydrogens is 548 g/mol. The Kier molecular flexibility index (Phi) is 8.35. The number of aliphatic hydroxyl groups excluding tert-OH is 9. The van der Waals surface area contributed by atoms with Crippen LogP contribution in [0.3, 0.4) is 0 Å². The summed E-state index contributed by atoms with van der Waals surface area (Å²) < 4.78 is 17.1. The molecule has 2 heterocycles. The number of ether oxygens (including phenoxy) is 3. The van der Waals surface area contributed by atoms with Crippen molar-refractivity contribution in [2.45, 2.75) is 73.8 Å². The van der Waals surface area contributed by atoms with Crippen LogP contribution in [0.15, 0.2) is 30.3 Å². The van der Waals surface area contributed by atoms with E-state index in [-0.39, 0.29) is 33.6 Å². The highest BCUT2D eigenvalue weighted by atomic mass is 16.7. The second-order valence-electron chi connectivity index (χ2n) is 10.4. The number of aliphatic hydroxyl groups is 9. The number of phenols is 1. The lowest BCUT2D eigenvalue weighted by Gasteiger charge is -2.45. The summed E-state index contributed by atoms with van der Waals surface area (Å²) in [5.74, 6) is -2.58. The van der Waals surface area contributed by atoms with Gasteiger partial charge in [0.2, 0.25) is 12.1 Å². The molecule has 2 saturated heterocycles. The van der Waals surface area contributed by atoms with Crippen molar-refractivity contribution in [1.82, 2.24) is 0 Å². The molecule has 0 aromatic heterocycles. The smallest absolute Gasteiger partial charge is 0.229 e. The molecule has 2 aliphatic heterocycles. The number of carbonyl (C=O) groups excluding carboxylic acids is 1. The third-order valence-electron chi connectivity index (χ3n) is 7.92. The predicted molar refractivity (Wildman–Crippen MR) is 134 cm³/mol. The Morgan fingerprint density at radius 2 is 1.37 bits per heavy atom. The Bertz CT molecular complexity index is 1280. The van der Waals surface area contributed by atoms with Crippen LogP contribution in [0.25, 0.3) is 0 Å². The molecule has 0 amide bonds. The average molecular weight is 581 g/mol. The first-order valence-corrected chi connectivity index (χ1v) is 13.0. The Hall–Kier alpha value is -2.73. The zero-order valence-corrected chi connectivity index (χ0v) is 21.5. The first kappa shape index (κ1) is 29.8. The summed E-state index contributed by atoms with van der Waals surface area (Å²) in [7, 11) is 0. The van der Waals surface area contributed by atoms with Gasteiger partial charge in [-0.25, -0.2) is 0 Å². The number of aromatic hydroxyl groups is 1. The van der Waals surface area contributed by atoms with Crippen LogP contribution in [-0.2, 0) is 16.1 Å². The number of fused-ring (bicyclic) bond motifs is 2. The highest BCUT2D eigenvalue weighted by molar-refractivity contribution is 6.16. The van der Waals surface area contributed by atoms with E-state index in [9.17, 15) is 55.9 Å². The summed E-state index contributed by atoms with van der Waals surface area (Å²) in [4.78, 5) is 13.9. The molecule has 2 fully saturated rings. The topological polar surface area (TPSA) is 247 Å². The molecule has 0 bridgehead atoms. The van der Waals surface area contributed by atoms with Crippen LogP contribution in [0.4, 0.5) is 0 Å². The predicted octanol–water partition coefficient (Wildman–Crippen LogP) is -3.42. The number of hydrogen-bond acceptors (Lipinski definition) is 14. The first-order chi connectivity index (χ1) is 19.5. The minimum absolute atomic E-state index is 0.126. The van der Waals surface area contributed by atoms with E-state index in [1.54, 1.807) is 0 Å². The van der Waals surface area contributed by atoms with E-state index < -0.39 is 98.5 Å². The summed E-state index contributed by atoms with van der Waals surface area (Å²) in [6.45, 7) is -1.94. The number of hydrogen-bond donors (Lipinski definition) is 10. The van der Waals surface area contributed by atoms with E-state index in [4.69, 9.17) is 14.2 Å². The van der Waals surface area contributed by atoms with Crippen molar-refractivity contribution in [2.24, 2.45) is 0 Å². The van der Waals surface area contributed by atoms with E-state index in [1.807, 2.05) is 0 Å². The molecule has 2 aromatic rings. The van der Waals surface area contributed by atoms with Gasteiger partial charge in [0, 0.05) is 5.92 Å². The average Bonchev–Trinajstić information content (AvgIpc) is 2.96. The van der Waals surface area contributed by atoms with Gasteiger partial charge in [-0.1, -0.05) is 18.2 Å². The maximum absolute atomic E-state index is 13.9. The normalized spacial score (nSPS) is 36.9. The van der Waals surface area contributed by atoms with Gasteiger partial charge in [-0.2, -0.15) is 0 Å². The van der Waals surface area contributed by atoms with Gasteiger partial charge in [0.15, 0.2) is 0 Å². The lowest BCUT2D eigenvalue weighted by atomic mass is 9.71. The van der Waals surface area contributed by atoms with Crippen molar-refractivity contribution in [1.29, 1.82) is 0 Å². The third kappa shape index (κ3) is 4.90. The van der Waals surface area contributed by atoms with Gasteiger partial charge in [0.05, 0.1) is 37.1 Å². The van der Waals surface area contributed by atoms with Gasteiger partial charge in [-0.05, 0) is 28.8 Å². The van der Waals surface area contributed by atoms with Crippen LogP contribution >= 0.6 is 0 Å². The van der Waals surface area contributed by atoms with Gasteiger partial charge in [0.25, 0.3) is 0 Å². The lowest BCUT2D eigenvalue weighted by molar-refractivity contribution is -0.277. The van der Waals surface area contributed by atoms with Crippen LogP contribution in [0, 0.1) is 0 Å². The molecule has 14 heteroatoms. The molecule has 1 unspecified atom stereocenters.